The summed E-state index contributed by atoms with van der Waals surface area (Å²) in [4.78, 5) is 10.9. The molecule has 4 N–H and O–H groups in total. The largest absolute Gasteiger partial charge is 0.549 e. The molecule has 0 aliphatic heterocycles. The van der Waals surface area contributed by atoms with E-state index >= 15 is 0 Å². The highest BCUT2D eigenvalue weighted by atomic mass is 16.4. The summed E-state index contributed by atoms with van der Waals surface area (Å²) in [6, 6.07) is 6.37. The molecule has 0 spiro atoms. The number of carbonyl (C=O) groups is 1. The molecule has 15 heavy (non-hydrogen) atoms. The first kappa shape index (κ1) is 10.2. The van der Waals surface area contributed by atoms with E-state index in [1.165, 1.54) is 0 Å². The molecule has 5 nitrogen and oxygen atoms in total. The van der Waals surface area contributed by atoms with Crippen LogP contribution in [0.15, 0.2) is 30.3 Å². The summed E-state index contributed by atoms with van der Waals surface area (Å²) in [6.45, 7) is 0. The van der Waals surface area contributed by atoms with Gasteiger partial charge in [0, 0.05) is 0 Å². The van der Waals surface area contributed by atoms with Crippen LogP contribution in [0.4, 0.5) is 0 Å². The van der Waals surface area contributed by atoms with Crippen molar-refractivity contribution in [3.63, 3.8) is 0 Å². The van der Waals surface area contributed by atoms with Crippen LogP contribution in [0.3, 0.4) is 0 Å². The van der Waals surface area contributed by atoms with Crippen molar-refractivity contribution in [1.82, 2.24) is 5.23 Å². The molecular formula is C9H12BNO4. The van der Waals surface area contributed by atoms with Crippen molar-refractivity contribution < 1.29 is 21.3 Å². The summed E-state index contributed by atoms with van der Waals surface area (Å²) in [5.41, 5.74) is 0.619. The minimum atomic E-state index is -2.16. The number of carboxylic acid groups (broad SMARTS) is 1. The third kappa shape index (κ3) is 4.12. The number of rotatable bonds is 5. The van der Waals surface area contributed by atoms with Gasteiger partial charge in [0.05, 0.1) is 1.37 Å². The number of hydrogen-bond acceptors (Lipinski definition) is 4. The van der Waals surface area contributed by atoms with Crippen LogP contribution in [-0.2, 0) is 11.2 Å². The number of nitrogens with one attached hydrogen (secondary N) is 1. The zero-order valence-corrected chi connectivity index (χ0v) is 7.92. The van der Waals surface area contributed by atoms with Gasteiger partial charge >= 0.3 is 13.2 Å². The highest BCUT2D eigenvalue weighted by Gasteiger charge is 2.22. The molecule has 0 fully saturated rings. The average molecular weight is 210 g/mol. The van der Waals surface area contributed by atoms with E-state index in [9.17, 15) is 4.79 Å². The number of aliphatic carboxylic acids is 1. The van der Waals surface area contributed by atoms with Gasteiger partial charge < -0.3 is 15.2 Å². The lowest BCUT2D eigenvalue weighted by atomic mass is 10.0. The molecule has 1 rings (SSSR count). The Kier molecular flexibility index (Phi) is 3.73. The van der Waals surface area contributed by atoms with Crippen molar-refractivity contribution in [2.75, 3.05) is 0 Å². The van der Waals surface area contributed by atoms with Crippen molar-refractivity contribution >= 4 is 13.2 Å². The Bertz CT molecular complexity index is 362. The maximum Gasteiger partial charge on any atom is 0.549 e. The SMILES string of the molecule is [2H][C@@](Cc1ccccc1)(NB(O)O)C(=O)O. The van der Waals surface area contributed by atoms with Crippen molar-refractivity contribution in [2.24, 2.45) is 0 Å². The third-order valence-corrected chi connectivity index (χ3v) is 1.79. The topological polar surface area (TPSA) is 89.8 Å². The molecular weight excluding hydrogens is 197 g/mol. The molecule has 0 saturated carbocycles. The number of carboxylic acids is 1. The third-order valence-electron chi connectivity index (χ3n) is 1.79. The summed E-state index contributed by atoms with van der Waals surface area (Å²) in [5, 5.41) is 28.1. The van der Waals surface area contributed by atoms with Crippen LogP contribution in [0.1, 0.15) is 6.93 Å². The number of benzene rings is 1. The normalized spacial score (nSPS) is 15.2. The molecule has 0 unspecified atom stereocenters. The molecule has 0 radical (unpaired) electrons. The van der Waals surface area contributed by atoms with E-state index in [2.05, 4.69) is 0 Å². The molecule has 0 heterocycles. The second-order valence-corrected chi connectivity index (χ2v) is 2.96. The van der Waals surface area contributed by atoms with E-state index in [-0.39, 0.29) is 6.42 Å². The molecule has 0 saturated heterocycles. The van der Waals surface area contributed by atoms with E-state index in [0.717, 1.165) is 0 Å². The van der Waals surface area contributed by atoms with Crippen LogP contribution in [0.2, 0.25) is 0 Å². The Morgan fingerprint density at radius 1 is 1.47 bits per heavy atom. The monoisotopic (exact) mass is 210 g/mol. The highest BCUT2D eigenvalue weighted by molar-refractivity contribution is 6.38. The van der Waals surface area contributed by atoms with Gasteiger partial charge in [0.15, 0.2) is 0 Å². The van der Waals surface area contributed by atoms with Crippen molar-refractivity contribution in [1.29, 1.82) is 0 Å². The van der Waals surface area contributed by atoms with Gasteiger partial charge in [0.25, 0.3) is 0 Å². The lowest BCUT2D eigenvalue weighted by Crippen LogP contribution is -2.47. The van der Waals surface area contributed by atoms with E-state index in [4.69, 9.17) is 16.5 Å². The summed E-state index contributed by atoms with van der Waals surface area (Å²) >= 11 is 0. The zero-order chi connectivity index (χ0) is 12.2. The summed E-state index contributed by atoms with van der Waals surface area (Å²) in [5.74, 6) is -1.47. The van der Waals surface area contributed by atoms with Crippen molar-refractivity contribution in [2.45, 2.75) is 12.4 Å². The van der Waals surface area contributed by atoms with Gasteiger partial charge in [-0.1, -0.05) is 30.3 Å². The van der Waals surface area contributed by atoms with Gasteiger partial charge in [-0.2, -0.15) is 0 Å². The molecule has 80 valence electrons. The average Bonchev–Trinajstić information content (AvgIpc) is 2.17. The van der Waals surface area contributed by atoms with E-state index in [1.54, 1.807) is 30.3 Å². The molecule has 1 aromatic carbocycles. The standard InChI is InChI=1S/C9H12BNO4/c12-9(13)8(11-10(14)15)6-7-4-2-1-3-5-7/h1-5,8,11,14-15H,6H2,(H,12,13)/t8-/m0/s1/i8D. The summed E-state index contributed by atoms with van der Waals surface area (Å²) in [7, 11) is -2.04. The first-order valence-electron chi connectivity index (χ1n) is 4.85. The smallest absolute Gasteiger partial charge is 0.480 e. The molecule has 0 aliphatic carbocycles. The Morgan fingerprint density at radius 2 is 2.07 bits per heavy atom. The van der Waals surface area contributed by atoms with Gasteiger partial charge in [-0.25, -0.2) is 0 Å². The van der Waals surface area contributed by atoms with Crippen molar-refractivity contribution in [3.8, 4) is 0 Å². The fourth-order valence-electron chi connectivity index (χ4n) is 1.14. The molecule has 6 heteroatoms. The fourth-order valence-corrected chi connectivity index (χ4v) is 1.14. The predicted octanol–water partition coefficient (Wildman–Crippen LogP) is -0.759. The summed E-state index contributed by atoms with van der Waals surface area (Å²) < 4.78 is 7.61. The zero-order valence-electron chi connectivity index (χ0n) is 8.92. The lowest BCUT2D eigenvalue weighted by molar-refractivity contribution is -0.139. The van der Waals surface area contributed by atoms with E-state index in [1.807, 2.05) is 5.23 Å². The van der Waals surface area contributed by atoms with E-state index < -0.39 is 19.2 Å². The number of hydrogen-bond donors (Lipinski definition) is 4. The first-order valence-corrected chi connectivity index (χ1v) is 4.35. The van der Waals surface area contributed by atoms with Crippen LogP contribution >= 0.6 is 0 Å². The minimum absolute atomic E-state index is 0.166. The molecule has 1 atom stereocenters. The van der Waals surface area contributed by atoms with Gasteiger partial charge in [-0.15, -0.1) is 0 Å². The molecule has 0 bridgehead atoms. The van der Waals surface area contributed by atoms with Crippen LogP contribution in [0, 0.1) is 0 Å². The van der Waals surface area contributed by atoms with Gasteiger partial charge in [0.1, 0.15) is 6.02 Å². The molecule has 0 aromatic heterocycles. The summed E-state index contributed by atoms with van der Waals surface area (Å²) in [6.07, 6.45) is -0.166. The van der Waals surface area contributed by atoms with Gasteiger partial charge in [0.2, 0.25) is 0 Å². The molecule has 1 aromatic rings. The fraction of sp³-hybridized carbons (Fsp3) is 0.222. The maximum atomic E-state index is 10.9. The Hall–Kier alpha value is -1.37. The Balaban J connectivity index is 2.83. The highest BCUT2D eigenvalue weighted by Crippen LogP contribution is 2.03. The van der Waals surface area contributed by atoms with Gasteiger partial charge in [-0.3, -0.25) is 10.0 Å². The van der Waals surface area contributed by atoms with Gasteiger partial charge in [-0.05, 0) is 12.0 Å². The molecule has 0 aliphatic rings. The lowest BCUT2D eigenvalue weighted by Gasteiger charge is -2.13. The second kappa shape index (κ2) is 5.50. The van der Waals surface area contributed by atoms with Crippen LogP contribution in [0.25, 0.3) is 0 Å². The van der Waals surface area contributed by atoms with E-state index in [0.29, 0.717) is 5.56 Å². The van der Waals surface area contributed by atoms with Crippen molar-refractivity contribution in [3.05, 3.63) is 35.9 Å². The quantitative estimate of drug-likeness (QED) is 0.479. The predicted molar refractivity (Wildman–Crippen MR) is 54.9 cm³/mol. The van der Waals surface area contributed by atoms with Crippen LogP contribution in [0.5, 0.6) is 0 Å². The van der Waals surface area contributed by atoms with Crippen LogP contribution in [-0.4, -0.2) is 34.4 Å². The maximum absolute atomic E-state index is 10.9. The second-order valence-electron chi connectivity index (χ2n) is 2.96. The van der Waals surface area contributed by atoms with Crippen LogP contribution < -0.4 is 5.23 Å². The Labute approximate surface area is 88.9 Å². The minimum Gasteiger partial charge on any atom is -0.480 e. The first-order chi connectivity index (χ1) is 7.44. The molecule has 0 amide bonds. The Morgan fingerprint density at radius 3 is 2.53 bits per heavy atom.